The first kappa shape index (κ1) is 22.1. The number of halogens is 7. The second-order valence-corrected chi connectivity index (χ2v) is 6.71. The number of nitrogens with one attached hydrogen (secondary N) is 2. The number of benzene rings is 3. The van der Waals surface area contributed by atoms with Gasteiger partial charge in [-0.25, -0.2) is 17.6 Å². The van der Waals surface area contributed by atoms with Crippen LogP contribution in [0.4, 0.5) is 36.6 Å². The lowest BCUT2D eigenvalue weighted by Gasteiger charge is -2.09. The first-order chi connectivity index (χ1) is 15.5. The van der Waals surface area contributed by atoms with Crippen LogP contribution in [0.2, 0.25) is 0 Å². The molecule has 5 nitrogen and oxygen atoms in total. The number of hydrogen-bond donors (Lipinski definition) is 2. The lowest BCUT2D eigenvalue weighted by Crippen LogP contribution is -2.16. The fourth-order valence-electron chi connectivity index (χ4n) is 3.06. The number of aromatic nitrogens is 2. The summed E-state index contributed by atoms with van der Waals surface area (Å²) in [4.78, 5) is 12.3. The molecule has 0 atom stereocenters. The number of anilines is 1. The van der Waals surface area contributed by atoms with Crippen LogP contribution in [-0.2, 0) is 0 Å². The molecular weight excluding hydrogens is 459 g/mol. The van der Waals surface area contributed by atoms with Crippen LogP contribution < -0.4 is 10.1 Å². The lowest BCUT2D eigenvalue weighted by atomic mass is 10.0. The minimum absolute atomic E-state index is 0.0972. The number of nitrogens with zero attached hydrogens (tertiary/aromatic N) is 1. The third kappa shape index (κ3) is 4.45. The van der Waals surface area contributed by atoms with Gasteiger partial charge in [-0.15, -0.1) is 13.2 Å². The topological polar surface area (TPSA) is 67.0 Å². The Bertz CT molecular complexity index is 1370. The molecule has 0 aliphatic rings. The van der Waals surface area contributed by atoms with Gasteiger partial charge < -0.3 is 10.1 Å². The zero-order valence-electron chi connectivity index (χ0n) is 16.0. The number of carbonyl (C=O) groups excluding carboxylic acids is 1. The number of rotatable bonds is 4. The molecular formula is C21H10F7N3O2. The van der Waals surface area contributed by atoms with E-state index in [0.29, 0.717) is 22.0 Å². The third-order valence-electron chi connectivity index (χ3n) is 4.56. The molecule has 0 saturated heterocycles. The molecule has 0 saturated carbocycles. The zero-order valence-corrected chi connectivity index (χ0v) is 16.0. The number of ether oxygens (including phenoxy) is 1. The molecule has 33 heavy (non-hydrogen) atoms. The molecule has 0 aliphatic carbocycles. The summed E-state index contributed by atoms with van der Waals surface area (Å²) in [5.74, 6) is -9.50. The Labute approximate surface area is 179 Å². The molecule has 0 fully saturated rings. The maximum absolute atomic E-state index is 13.9. The average molecular weight is 469 g/mol. The second-order valence-electron chi connectivity index (χ2n) is 6.71. The normalized spacial score (nSPS) is 11.6. The molecule has 12 heteroatoms. The number of H-pyrrole nitrogens is 1. The molecule has 0 aliphatic heterocycles. The summed E-state index contributed by atoms with van der Waals surface area (Å²) in [6.45, 7) is 0. The van der Waals surface area contributed by atoms with Crippen LogP contribution in [-0.4, -0.2) is 22.5 Å². The molecule has 1 aromatic heterocycles. The van der Waals surface area contributed by atoms with Gasteiger partial charge in [0.05, 0.1) is 11.1 Å². The Kier molecular flexibility index (Phi) is 5.44. The van der Waals surface area contributed by atoms with Gasteiger partial charge in [-0.1, -0.05) is 18.2 Å². The molecule has 170 valence electrons. The minimum Gasteiger partial charge on any atom is -0.406 e. The van der Waals surface area contributed by atoms with Crippen molar-refractivity contribution in [1.82, 2.24) is 10.2 Å². The monoisotopic (exact) mass is 469 g/mol. The molecule has 2 N–H and O–H groups in total. The predicted molar refractivity (Wildman–Crippen MR) is 102 cm³/mol. The maximum Gasteiger partial charge on any atom is 0.573 e. The maximum atomic E-state index is 13.9. The van der Waals surface area contributed by atoms with Crippen molar-refractivity contribution in [2.24, 2.45) is 0 Å². The number of alkyl halides is 3. The average Bonchev–Trinajstić information content (AvgIpc) is 3.16. The van der Waals surface area contributed by atoms with Gasteiger partial charge >= 0.3 is 6.36 Å². The number of aromatic amines is 1. The number of amides is 1. The van der Waals surface area contributed by atoms with Crippen LogP contribution in [0, 0.1) is 23.3 Å². The SMILES string of the molecule is O=C(Nc1n[nH]c2cc(-c3ccc(OC(F)(F)F)cc3)ccc12)c1cc(F)c(F)c(F)c1F. The number of carbonyl (C=O) groups is 1. The van der Waals surface area contributed by atoms with Gasteiger partial charge in [-0.05, 0) is 41.5 Å². The standard InChI is InChI=1S/C21H10F7N3O2/c22-14-8-13(16(23)18(25)17(14)24)20(32)29-19-12-6-3-10(7-15(12)30-31-19)9-1-4-11(5-2-9)33-21(26,27)28/h1-8H,(H2,29,30,31,32). The van der Waals surface area contributed by atoms with E-state index in [1.165, 1.54) is 18.2 Å². The second kappa shape index (κ2) is 8.11. The Morgan fingerprint density at radius 1 is 0.879 bits per heavy atom. The van der Waals surface area contributed by atoms with Crippen LogP contribution in [0.1, 0.15) is 10.4 Å². The van der Waals surface area contributed by atoms with Gasteiger partial charge in [0.15, 0.2) is 29.1 Å². The zero-order chi connectivity index (χ0) is 23.9. The van der Waals surface area contributed by atoms with Crippen molar-refractivity contribution in [3.63, 3.8) is 0 Å². The van der Waals surface area contributed by atoms with Crippen molar-refractivity contribution in [3.8, 4) is 16.9 Å². The van der Waals surface area contributed by atoms with Gasteiger partial charge in [-0.2, -0.15) is 5.10 Å². The van der Waals surface area contributed by atoms with Crippen molar-refractivity contribution >= 4 is 22.6 Å². The third-order valence-corrected chi connectivity index (χ3v) is 4.56. The predicted octanol–water partition coefficient (Wildman–Crippen LogP) is 5.94. The van der Waals surface area contributed by atoms with Crippen LogP contribution in [0.3, 0.4) is 0 Å². The summed E-state index contributed by atoms with van der Waals surface area (Å²) in [5.41, 5.74) is 0.456. The van der Waals surface area contributed by atoms with E-state index >= 15 is 0 Å². The highest BCUT2D eigenvalue weighted by atomic mass is 19.4. The fourth-order valence-corrected chi connectivity index (χ4v) is 3.06. The van der Waals surface area contributed by atoms with Crippen LogP contribution in [0.25, 0.3) is 22.0 Å². The Morgan fingerprint density at radius 2 is 1.55 bits per heavy atom. The molecule has 0 bridgehead atoms. The van der Waals surface area contributed by atoms with Crippen LogP contribution in [0.5, 0.6) is 5.75 Å². The molecule has 1 amide bonds. The fraction of sp³-hybridized carbons (Fsp3) is 0.0476. The lowest BCUT2D eigenvalue weighted by molar-refractivity contribution is -0.274. The van der Waals surface area contributed by atoms with E-state index < -0.39 is 41.1 Å². The molecule has 3 aromatic carbocycles. The summed E-state index contributed by atoms with van der Waals surface area (Å²) in [6.07, 6.45) is -4.81. The highest BCUT2D eigenvalue weighted by Crippen LogP contribution is 2.30. The minimum atomic E-state index is -4.81. The van der Waals surface area contributed by atoms with Gasteiger partial charge in [-0.3, -0.25) is 9.89 Å². The summed E-state index contributed by atoms with van der Waals surface area (Å²) < 4.78 is 94.4. The highest BCUT2D eigenvalue weighted by Gasteiger charge is 2.31. The van der Waals surface area contributed by atoms with Crippen LogP contribution >= 0.6 is 0 Å². The quantitative estimate of drug-likeness (QED) is 0.221. The first-order valence-corrected chi connectivity index (χ1v) is 9.02. The Morgan fingerprint density at radius 3 is 2.21 bits per heavy atom. The number of fused-ring (bicyclic) bond motifs is 1. The molecule has 0 spiro atoms. The molecule has 0 unspecified atom stereocenters. The highest BCUT2D eigenvalue weighted by molar-refractivity contribution is 6.08. The van der Waals surface area contributed by atoms with E-state index in [9.17, 15) is 35.5 Å². The molecule has 4 aromatic rings. The Hall–Kier alpha value is -4.09. The van der Waals surface area contributed by atoms with Crippen molar-refractivity contribution in [2.45, 2.75) is 6.36 Å². The van der Waals surface area contributed by atoms with E-state index in [0.717, 1.165) is 12.1 Å². The number of hydrogen-bond acceptors (Lipinski definition) is 3. The largest absolute Gasteiger partial charge is 0.573 e. The molecule has 0 radical (unpaired) electrons. The van der Waals surface area contributed by atoms with E-state index in [1.54, 1.807) is 12.1 Å². The summed E-state index contributed by atoms with van der Waals surface area (Å²) >= 11 is 0. The van der Waals surface area contributed by atoms with E-state index in [-0.39, 0.29) is 17.6 Å². The van der Waals surface area contributed by atoms with Crippen LogP contribution in [0.15, 0.2) is 48.5 Å². The van der Waals surface area contributed by atoms with Gasteiger partial charge in [0.25, 0.3) is 5.91 Å². The van der Waals surface area contributed by atoms with Crippen molar-refractivity contribution in [1.29, 1.82) is 0 Å². The van der Waals surface area contributed by atoms with E-state index in [4.69, 9.17) is 0 Å². The van der Waals surface area contributed by atoms with Crippen molar-refractivity contribution in [2.75, 3.05) is 5.32 Å². The molecule has 1 heterocycles. The first-order valence-electron chi connectivity index (χ1n) is 9.02. The smallest absolute Gasteiger partial charge is 0.406 e. The van der Waals surface area contributed by atoms with Gasteiger partial charge in [0.1, 0.15) is 5.75 Å². The summed E-state index contributed by atoms with van der Waals surface area (Å²) in [7, 11) is 0. The summed E-state index contributed by atoms with van der Waals surface area (Å²) in [5, 5.41) is 8.98. The Balaban J connectivity index is 1.58. The van der Waals surface area contributed by atoms with Crippen molar-refractivity contribution < 1.29 is 40.3 Å². The van der Waals surface area contributed by atoms with Gasteiger partial charge in [0.2, 0.25) is 0 Å². The summed E-state index contributed by atoms with van der Waals surface area (Å²) in [6, 6.07) is 9.97. The van der Waals surface area contributed by atoms with E-state index in [2.05, 4.69) is 20.3 Å². The van der Waals surface area contributed by atoms with Gasteiger partial charge in [0, 0.05) is 5.39 Å². The van der Waals surface area contributed by atoms with Crippen molar-refractivity contribution in [3.05, 3.63) is 77.4 Å². The van der Waals surface area contributed by atoms with E-state index in [1.807, 2.05) is 0 Å². The molecule has 4 rings (SSSR count).